The van der Waals surface area contributed by atoms with Crippen molar-refractivity contribution in [2.24, 2.45) is 7.05 Å². The standard InChI is InChI=1S/C17H20N4O4/c1-20-9-3-4-13(15(20)22)16(23)21-10-6-12(7-11-21)25-14-5-8-18-17(19-14)24-2/h3-5,8-9,12H,6-7,10-11H2,1-2H3. The highest BCUT2D eigenvalue weighted by atomic mass is 16.5. The van der Waals surface area contributed by atoms with Crippen LogP contribution in [0.3, 0.4) is 0 Å². The molecule has 0 bridgehead atoms. The second-order valence-electron chi connectivity index (χ2n) is 5.83. The van der Waals surface area contributed by atoms with Crippen molar-refractivity contribution >= 4 is 5.91 Å². The molecular weight excluding hydrogens is 324 g/mol. The average molecular weight is 344 g/mol. The van der Waals surface area contributed by atoms with E-state index in [0.29, 0.717) is 31.8 Å². The van der Waals surface area contributed by atoms with Crippen LogP contribution in [0.25, 0.3) is 0 Å². The van der Waals surface area contributed by atoms with Gasteiger partial charge in [0, 0.05) is 51.4 Å². The van der Waals surface area contributed by atoms with E-state index < -0.39 is 0 Å². The third kappa shape index (κ3) is 3.78. The smallest absolute Gasteiger partial charge is 0.319 e. The fourth-order valence-electron chi connectivity index (χ4n) is 2.77. The van der Waals surface area contributed by atoms with Gasteiger partial charge in [0.1, 0.15) is 11.7 Å². The van der Waals surface area contributed by atoms with Crippen LogP contribution >= 0.6 is 0 Å². The van der Waals surface area contributed by atoms with Crippen LogP contribution in [0.1, 0.15) is 23.2 Å². The molecule has 8 heteroatoms. The highest BCUT2D eigenvalue weighted by Crippen LogP contribution is 2.19. The lowest BCUT2D eigenvalue weighted by molar-refractivity contribution is 0.0584. The van der Waals surface area contributed by atoms with E-state index in [1.807, 2.05) is 0 Å². The molecule has 0 unspecified atom stereocenters. The zero-order valence-electron chi connectivity index (χ0n) is 14.2. The molecule has 8 nitrogen and oxygen atoms in total. The first kappa shape index (κ1) is 16.9. The number of methoxy groups -OCH3 is 1. The summed E-state index contributed by atoms with van der Waals surface area (Å²) in [6.07, 6.45) is 4.51. The van der Waals surface area contributed by atoms with Crippen molar-refractivity contribution in [2.75, 3.05) is 20.2 Å². The Bertz CT molecular complexity index is 812. The molecule has 3 heterocycles. The predicted octanol–water partition coefficient (Wildman–Crippen LogP) is 0.868. The summed E-state index contributed by atoms with van der Waals surface area (Å²) in [6, 6.07) is 5.20. The van der Waals surface area contributed by atoms with Gasteiger partial charge in [0.25, 0.3) is 11.5 Å². The summed E-state index contributed by atoms with van der Waals surface area (Å²) in [7, 11) is 3.13. The molecule has 0 aliphatic carbocycles. The maximum absolute atomic E-state index is 12.6. The number of rotatable bonds is 4. The Labute approximate surface area is 145 Å². The molecule has 2 aromatic heterocycles. The number of hydrogen-bond acceptors (Lipinski definition) is 6. The number of nitrogens with zero attached hydrogens (tertiary/aromatic N) is 4. The Morgan fingerprint density at radius 3 is 2.76 bits per heavy atom. The maximum atomic E-state index is 12.6. The molecule has 1 fully saturated rings. The second-order valence-corrected chi connectivity index (χ2v) is 5.83. The lowest BCUT2D eigenvalue weighted by Gasteiger charge is -2.31. The number of likely N-dealkylation sites (tertiary alicyclic amines) is 1. The first-order valence-electron chi connectivity index (χ1n) is 8.07. The zero-order valence-corrected chi connectivity index (χ0v) is 14.2. The second kappa shape index (κ2) is 7.33. The molecule has 2 aromatic rings. The first-order chi connectivity index (χ1) is 12.1. The molecule has 1 aliphatic heterocycles. The number of amides is 1. The van der Waals surface area contributed by atoms with E-state index in [-0.39, 0.29) is 29.1 Å². The molecule has 1 amide bonds. The van der Waals surface area contributed by atoms with Gasteiger partial charge in [-0.15, -0.1) is 0 Å². The fraction of sp³-hybridized carbons (Fsp3) is 0.412. The van der Waals surface area contributed by atoms with E-state index in [0.717, 1.165) is 0 Å². The Morgan fingerprint density at radius 1 is 1.28 bits per heavy atom. The van der Waals surface area contributed by atoms with Crippen molar-refractivity contribution < 1.29 is 14.3 Å². The van der Waals surface area contributed by atoms with Gasteiger partial charge in [-0.2, -0.15) is 4.98 Å². The van der Waals surface area contributed by atoms with Crippen molar-refractivity contribution in [2.45, 2.75) is 18.9 Å². The number of carbonyl (C=O) groups excluding carboxylic acids is 1. The van der Waals surface area contributed by atoms with Crippen LogP contribution in [0, 0.1) is 0 Å². The number of aryl methyl sites for hydroxylation is 1. The number of ether oxygens (including phenoxy) is 2. The van der Waals surface area contributed by atoms with E-state index >= 15 is 0 Å². The molecule has 132 valence electrons. The lowest BCUT2D eigenvalue weighted by Crippen LogP contribution is -2.43. The normalized spacial score (nSPS) is 15.0. The topological polar surface area (TPSA) is 86.5 Å². The van der Waals surface area contributed by atoms with E-state index in [1.54, 1.807) is 42.5 Å². The highest BCUT2D eigenvalue weighted by molar-refractivity contribution is 5.93. The maximum Gasteiger partial charge on any atom is 0.319 e. The molecule has 0 spiro atoms. The third-order valence-electron chi connectivity index (χ3n) is 4.16. The van der Waals surface area contributed by atoms with E-state index in [9.17, 15) is 9.59 Å². The molecule has 0 N–H and O–H groups in total. The van der Waals surface area contributed by atoms with Crippen LogP contribution in [0.2, 0.25) is 0 Å². The van der Waals surface area contributed by atoms with E-state index in [2.05, 4.69) is 9.97 Å². The Kier molecular flexibility index (Phi) is 4.97. The first-order valence-corrected chi connectivity index (χ1v) is 8.07. The molecule has 0 aromatic carbocycles. The molecule has 1 aliphatic rings. The predicted molar refractivity (Wildman–Crippen MR) is 89.8 cm³/mol. The van der Waals surface area contributed by atoms with Gasteiger partial charge in [-0.3, -0.25) is 9.59 Å². The summed E-state index contributed by atoms with van der Waals surface area (Å²) in [5.41, 5.74) is -0.0798. The van der Waals surface area contributed by atoms with Gasteiger partial charge in [0.05, 0.1) is 7.11 Å². The molecule has 1 saturated heterocycles. The van der Waals surface area contributed by atoms with Gasteiger partial charge in [-0.25, -0.2) is 4.98 Å². The molecule has 0 saturated carbocycles. The number of hydrogen-bond donors (Lipinski definition) is 0. The van der Waals surface area contributed by atoms with E-state index in [1.165, 1.54) is 11.7 Å². The quantitative estimate of drug-likeness (QED) is 0.818. The largest absolute Gasteiger partial charge is 0.474 e. The summed E-state index contributed by atoms with van der Waals surface area (Å²) < 4.78 is 12.2. The van der Waals surface area contributed by atoms with Crippen LogP contribution in [0.4, 0.5) is 0 Å². The van der Waals surface area contributed by atoms with Crippen molar-refractivity contribution in [3.05, 3.63) is 46.5 Å². The Hall–Kier alpha value is -2.90. The Morgan fingerprint density at radius 2 is 2.04 bits per heavy atom. The minimum atomic E-state index is -0.279. The average Bonchev–Trinajstić information content (AvgIpc) is 2.64. The summed E-state index contributed by atoms with van der Waals surface area (Å²) in [5.74, 6) is 0.219. The molecule has 0 radical (unpaired) electrons. The molecule has 3 rings (SSSR count). The van der Waals surface area contributed by atoms with Crippen LogP contribution in [0.5, 0.6) is 11.9 Å². The van der Waals surface area contributed by atoms with Crippen molar-refractivity contribution in [3.63, 3.8) is 0 Å². The van der Waals surface area contributed by atoms with Gasteiger partial charge in [0.2, 0.25) is 5.88 Å². The van der Waals surface area contributed by atoms with Gasteiger partial charge in [-0.05, 0) is 12.1 Å². The van der Waals surface area contributed by atoms with Crippen LogP contribution in [-0.2, 0) is 7.05 Å². The number of pyridine rings is 1. The van der Waals surface area contributed by atoms with Crippen LogP contribution in [0.15, 0.2) is 35.4 Å². The van der Waals surface area contributed by atoms with E-state index in [4.69, 9.17) is 9.47 Å². The van der Waals surface area contributed by atoms with Crippen LogP contribution in [-0.4, -0.2) is 51.6 Å². The zero-order chi connectivity index (χ0) is 17.8. The highest BCUT2D eigenvalue weighted by Gasteiger charge is 2.26. The molecule has 0 atom stereocenters. The number of carbonyl (C=O) groups is 1. The Balaban J connectivity index is 1.60. The van der Waals surface area contributed by atoms with Crippen molar-refractivity contribution in [1.29, 1.82) is 0 Å². The van der Waals surface area contributed by atoms with Gasteiger partial charge in [-0.1, -0.05) is 0 Å². The van der Waals surface area contributed by atoms with Crippen molar-refractivity contribution in [3.8, 4) is 11.9 Å². The lowest BCUT2D eigenvalue weighted by atomic mass is 10.1. The fourth-order valence-corrected chi connectivity index (χ4v) is 2.77. The number of aromatic nitrogens is 3. The van der Waals surface area contributed by atoms with Crippen LogP contribution < -0.4 is 15.0 Å². The third-order valence-corrected chi connectivity index (χ3v) is 4.16. The molecule has 25 heavy (non-hydrogen) atoms. The van der Waals surface area contributed by atoms with Gasteiger partial charge < -0.3 is 18.9 Å². The number of piperidine rings is 1. The minimum absolute atomic E-state index is 0.0396. The van der Waals surface area contributed by atoms with Gasteiger partial charge >= 0.3 is 6.01 Å². The summed E-state index contributed by atoms with van der Waals surface area (Å²) in [4.78, 5) is 34.4. The summed E-state index contributed by atoms with van der Waals surface area (Å²) in [5, 5.41) is 0. The summed E-state index contributed by atoms with van der Waals surface area (Å²) in [6.45, 7) is 1.06. The SMILES string of the molecule is COc1nccc(OC2CCN(C(=O)c3cccn(C)c3=O)CC2)n1. The van der Waals surface area contributed by atoms with Gasteiger partial charge in [0.15, 0.2) is 0 Å². The molecular formula is C17H20N4O4. The summed E-state index contributed by atoms with van der Waals surface area (Å²) >= 11 is 0. The van der Waals surface area contributed by atoms with Crippen molar-refractivity contribution in [1.82, 2.24) is 19.4 Å². The monoisotopic (exact) mass is 344 g/mol. The minimum Gasteiger partial charge on any atom is -0.474 e.